The number of nitrogens with one attached hydrogen (secondary N) is 1. The zero-order chi connectivity index (χ0) is 11.1. The van der Waals surface area contributed by atoms with Gasteiger partial charge < -0.3 is 5.32 Å². The van der Waals surface area contributed by atoms with Crippen molar-refractivity contribution in [1.82, 2.24) is 5.32 Å². The quantitative estimate of drug-likeness (QED) is 0.730. The van der Waals surface area contributed by atoms with E-state index in [1.54, 1.807) is 7.05 Å². The minimum Gasteiger partial charge on any atom is -0.355 e. The third-order valence-electron chi connectivity index (χ3n) is 1.86. The Kier molecular flexibility index (Phi) is 5.61. The van der Waals surface area contributed by atoms with Crippen LogP contribution in [-0.2, 0) is 0 Å². The van der Waals surface area contributed by atoms with Crippen LogP contribution in [0.5, 0.6) is 0 Å². The minimum absolute atomic E-state index is 0.0174. The van der Waals surface area contributed by atoms with Gasteiger partial charge in [0.1, 0.15) is 0 Å². The second-order valence-electron chi connectivity index (χ2n) is 2.90. The van der Waals surface area contributed by atoms with E-state index < -0.39 is 0 Å². The molecule has 1 aromatic carbocycles. The van der Waals surface area contributed by atoms with Gasteiger partial charge in [-0.25, -0.2) is 0 Å². The molecule has 0 heterocycles. The summed E-state index contributed by atoms with van der Waals surface area (Å²) in [5.41, 5.74) is 2.89. The number of carbonyl (C=O) groups excluding carboxylic acids is 1. The van der Waals surface area contributed by atoms with Crippen LogP contribution < -0.4 is 5.32 Å². The first-order valence-corrected chi connectivity index (χ1v) is 4.94. The lowest BCUT2D eigenvalue weighted by Crippen LogP contribution is -2.18. The highest BCUT2D eigenvalue weighted by Gasteiger charge is 2.05. The molecule has 0 aromatic heterocycles. The molecule has 0 spiro atoms. The van der Waals surface area contributed by atoms with Crippen LogP contribution in [0.3, 0.4) is 0 Å². The number of hydrogen-bond donors (Lipinski definition) is 1. The Hall–Kier alpha value is -1.31. The first kappa shape index (κ1) is 12.7. The summed E-state index contributed by atoms with van der Waals surface area (Å²) in [7, 11) is 1.64. The normalized spacial score (nSPS) is 8.64. The average Bonchev–Trinajstić information content (AvgIpc) is 2.23. The van der Waals surface area contributed by atoms with Gasteiger partial charge in [-0.15, -0.1) is 0 Å². The van der Waals surface area contributed by atoms with E-state index in [4.69, 9.17) is 0 Å². The second-order valence-corrected chi connectivity index (χ2v) is 2.90. The SMILES string of the molecule is CC.CNC(=O)c1cc(C)ccc1C. The smallest absolute Gasteiger partial charge is 0.251 e. The van der Waals surface area contributed by atoms with Gasteiger partial charge in [-0.1, -0.05) is 31.5 Å². The third kappa shape index (κ3) is 3.21. The predicted molar refractivity (Wildman–Crippen MR) is 60.7 cm³/mol. The van der Waals surface area contributed by atoms with Crippen molar-refractivity contribution in [2.24, 2.45) is 0 Å². The van der Waals surface area contributed by atoms with Crippen LogP contribution in [0.1, 0.15) is 35.3 Å². The van der Waals surface area contributed by atoms with Crippen molar-refractivity contribution in [3.05, 3.63) is 34.9 Å². The van der Waals surface area contributed by atoms with Crippen LogP contribution in [0.4, 0.5) is 0 Å². The van der Waals surface area contributed by atoms with Gasteiger partial charge in [0.25, 0.3) is 5.91 Å². The van der Waals surface area contributed by atoms with Gasteiger partial charge >= 0.3 is 0 Å². The van der Waals surface area contributed by atoms with Gasteiger partial charge in [-0.2, -0.15) is 0 Å². The molecule has 78 valence electrons. The standard InChI is InChI=1S/C10H13NO.C2H6/c1-7-4-5-8(2)9(6-7)10(12)11-3;1-2/h4-6H,1-3H3,(H,11,12);1-2H3. The highest BCUT2D eigenvalue weighted by atomic mass is 16.1. The Bertz CT molecular complexity index is 305. The third-order valence-corrected chi connectivity index (χ3v) is 1.86. The molecule has 0 atom stereocenters. The van der Waals surface area contributed by atoms with Crippen molar-refractivity contribution < 1.29 is 4.79 Å². The highest BCUT2D eigenvalue weighted by molar-refractivity contribution is 5.95. The Morgan fingerprint density at radius 3 is 2.29 bits per heavy atom. The van der Waals surface area contributed by atoms with Gasteiger partial charge in [0.2, 0.25) is 0 Å². The molecule has 0 bridgehead atoms. The largest absolute Gasteiger partial charge is 0.355 e. The molecule has 2 heteroatoms. The van der Waals surface area contributed by atoms with E-state index in [0.29, 0.717) is 0 Å². The molecule has 0 saturated heterocycles. The van der Waals surface area contributed by atoms with Crippen LogP contribution in [-0.4, -0.2) is 13.0 Å². The van der Waals surface area contributed by atoms with Gasteiger partial charge in [-0.3, -0.25) is 4.79 Å². The zero-order valence-electron chi connectivity index (χ0n) is 9.64. The summed E-state index contributed by atoms with van der Waals surface area (Å²) in [5.74, 6) is -0.0174. The molecule has 1 aromatic rings. The lowest BCUT2D eigenvalue weighted by molar-refractivity contribution is 0.0962. The monoisotopic (exact) mass is 193 g/mol. The molecular formula is C12H19NO. The molecule has 1 rings (SSSR count). The van der Waals surface area contributed by atoms with E-state index in [-0.39, 0.29) is 5.91 Å². The number of rotatable bonds is 1. The van der Waals surface area contributed by atoms with Crippen LogP contribution >= 0.6 is 0 Å². The fourth-order valence-electron chi connectivity index (χ4n) is 1.12. The number of hydrogen-bond acceptors (Lipinski definition) is 1. The molecule has 2 nitrogen and oxygen atoms in total. The summed E-state index contributed by atoms with van der Waals surface area (Å²) in [4.78, 5) is 11.3. The Morgan fingerprint density at radius 2 is 1.79 bits per heavy atom. The van der Waals surface area contributed by atoms with Crippen molar-refractivity contribution in [1.29, 1.82) is 0 Å². The molecule has 1 amide bonds. The molecular weight excluding hydrogens is 174 g/mol. The average molecular weight is 193 g/mol. The zero-order valence-corrected chi connectivity index (χ0v) is 9.64. The number of carbonyl (C=O) groups is 1. The highest BCUT2D eigenvalue weighted by Crippen LogP contribution is 2.09. The molecule has 1 N–H and O–H groups in total. The summed E-state index contributed by atoms with van der Waals surface area (Å²) in [6, 6.07) is 5.86. The van der Waals surface area contributed by atoms with Gasteiger partial charge in [0, 0.05) is 12.6 Å². The molecule has 0 aliphatic heterocycles. The second kappa shape index (κ2) is 6.19. The number of aryl methyl sites for hydroxylation is 2. The van der Waals surface area contributed by atoms with Crippen molar-refractivity contribution in [3.63, 3.8) is 0 Å². The fourth-order valence-corrected chi connectivity index (χ4v) is 1.12. The van der Waals surface area contributed by atoms with E-state index in [1.165, 1.54) is 0 Å². The molecule has 0 saturated carbocycles. The van der Waals surface area contributed by atoms with E-state index in [1.807, 2.05) is 45.9 Å². The summed E-state index contributed by atoms with van der Waals surface area (Å²) >= 11 is 0. The van der Waals surface area contributed by atoms with Crippen LogP contribution in [0.15, 0.2) is 18.2 Å². The molecule has 0 aliphatic rings. The summed E-state index contributed by atoms with van der Waals surface area (Å²) in [6.45, 7) is 7.91. The lowest BCUT2D eigenvalue weighted by Gasteiger charge is -2.04. The topological polar surface area (TPSA) is 29.1 Å². The van der Waals surface area contributed by atoms with Gasteiger partial charge in [0.05, 0.1) is 0 Å². The predicted octanol–water partition coefficient (Wildman–Crippen LogP) is 2.69. The van der Waals surface area contributed by atoms with Crippen LogP contribution in [0.25, 0.3) is 0 Å². The maximum absolute atomic E-state index is 11.3. The van der Waals surface area contributed by atoms with Crippen molar-refractivity contribution in [3.8, 4) is 0 Å². The molecule has 0 radical (unpaired) electrons. The first-order chi connectivity index (χ1) is 6.65. The maximum atomic E-state index is 11.3. The number of amides is 1. The molecule has 0 aliphatic carbocycles. The Labute approximate surface area is 86.3 Å². The van der Waals surface area contributed by atoms with E-state index in [2.05, 4.69) is 5.32 Å². The number of benzene rings is 1. The van der Waals surface area contributed by atoms with Gasteiger partial charge in [-0.05, 0) is 25.5 Å². The van der Waals surface area contributed by atoms with E-state index in [0.717, 1.165) is 16.7 Å². The van der Waals surface area contributed by atoms with Crippen molar-refractivity contribution in [2.45, 2.75) is 27.7 Å². The van der Waals surface area contributed by atoms with Crippen LogP contribution in [0.2, 0.25) is 0 Å². The summed E-state index contributed by atoms with van der Waals surface area (Å²) in [6.07, 6.45) is 0. The molecule has 14 heavy (non-hydrogen) atoms. The molecule has 0 fully saturated rings. The Morgan fingerprint density at radius 1 is 1.21 bits per heavy atom. The van der Waals surface area contributed by atoms with E-state index >= 15 is 0 Å². The minimum atomic E-state index is -0.0174. The maximum Gasteiger partial charge on any atom is 0.251 e. The summed E-state index contributed by atoms with van der Waals surface area (Å²) < 4.78 is 0. The Balaban J connectivity index is 0.000000791. The van der Waals surface area contributed by atoms with E-state index in [9.17, 15) is 4.79 Å². The lowest BCUT2D eigenvalue weighted by atomic mass is 10.1. The van der Waals surface area contributed by atoms with Crippen molar-refractivity contribution >= 4 is 5.91 Å². The fraction of sp³-hybridized carbons (Fsp3) is 0.417. The van der Waals surface area contributed by atoms with Crippen LogP contribution in [0, 0.1) is 13.8 Å². The molecule has 0 unspecified atom stereocenters. The van der Waals surface area contributed by atoms with Gasteiger partial charge in [0.15, 0.2) is 0 Å². The van der Waals surface area contributed by atoms with Crippen molar-refractivity contribution in [2.75, 3.05) is 7.05 Å². The first-order valence-electron chi connectivity index (χ1n) is 4.94. The summed E-state index contributed by atoms with van der Waals surface area (Å²) in [5, 5.41) is 2.61.